The molecule has 1 fully saturated rings. The van der Waals surface area contributed by atoms with Crippen LogP contribution in [0.5, 0.6) is 0 Å². The number of aryl methyl sites for hydroxylation is 1. The van der Waals surface area contributed by atoms with Gasteiger partial charge in [0.05, 0.1) is 0 Å². The van der Waals surface area contributed by atoms with Crippen LogP contribution >= 0.6 is 0 Å². The van der Waals surface area contributed by atoms with Crippen LogP contribution in [0.3, 0.4) is 0 Å². The van der Waals surface area contributed by atoms with Gasteiger partial charge in [-0.2, -0.15) is 0 Å². The van der Waals surface area contributed by atoms with Crippen LogP contribution in [0.4, 0.5) is 0 Å². The van der Waals surface area contributed by atoms with Crippen molar-refractivity contribution < 1.29 is 0 Å². The van der Waals surface area contributed by atoms with E-state index in [1.807, 2.05) is 11.6 Å². The highest BCUT2D eigenvalue weighted by molar-refractivity contribution is 4.85. The smallest absolute Gasteiger partial charge is 0.133 e. The molecule has 0 aliphatic heterocycles. The molecule has 1 aromatic rings. The van der Waals surface area contributed by atoms with Gasteiger partial charge < -0.3 is 9.88 Å². The van der Waals surface area contributed by atoms with Crippen molar-refractivity contribution in [1.82, 2.24) is 20.1 Å². The van der Waals surface area contributed by atoms with E-state index in [9.17, 15) is 0 Å². The largest absolute Gasteiger partial charge is 0.321 e. The summed E-state index contributed by atoms with van der Waals surface area (Å²) in [4.78, 5) is 0. The van der Waals surface area contributed by atoms with Crippen molar-refractivity contribution in [2.24, 2.45) is 13.0 Å². The highest BCUT2D eigenvalue weighted by Gasteiger charge is 2.19. The van der Waals surface area contributed by atoms with Gasteiger partial charge in [0.2, 0.25) is 0 Å². The molecule has 1 aliphatic rings. The Morgan fingerprint density at radius 1 is 1.56 bits per heavy atom. The highest BCUT2D eigenvalue weighted by atomic mass is 15.2. The first-order valence-corrected chi connectivity index (χ1v) is 6.32. The number of hydrogen-bond acceptors (Lipinski definition) is 3. The lowest BCUT2D eigenvalue weighted by molar-refractivity contribution is 0.266. The quantitative estimate of drug-likeness (QED) is 0.793. The van der Waals surface area contributed by atoms with Crippen LogP contribution in [-0.2, 0) is 13.5 Å². The maximum absolute atomic E-state index is 4.07. The van der Waals surface area contributed by atoms with Crippen molar-refractivity contribution in [3.05, 3.63) is 12.2 Å². The molecule has 0 saturated heterocycles. The third kappa shape index (κ3) is 3.04. The van der Waals surface area contributed by atoms with E-state index >= 15 is 0 Å². The minimum absolute atomic E-state index is 0.638. The van der Waals surface area contributed by atoms with E-state index < -0.39 is 0 Å². The molecule has 1 aromatic heterocycles. The van der Waals surface area contributed by atoms with Crippen molar-refractivity contribution in [3.8, 4) is 0 Å². The Morgan fingerprint density at radius 3 is 2.94 bits per heavy atom. The van der Waals surface area contributed by atoms with Crippen molar-refractivity contribution in [2.45, 2.75) is 45.1 Å². The lowest BCUT2D eigenvalue weighted by Crippen LogP contribution is -2.32. The third-order valence-corrected chi connectivity index (χ3v) is 3.56. The summed E-state index contributed by atoms with van der Waals surface area (Å²) in [6, 6.07) is 0.638. The Kier molecular flexibility index (Phi) is 3.93. The summed E-state index contributed by atoms with van der Waals surface area (Å²) >= 11 is 0. The number of aromatic nitrogens is 3. The second-order valence-corrected chi connectivity index (χ2v) is 5.00. The van der Waals surface area contributed by atoms with E-state index in [1.54, 1.807) is 6.33 Å². The SMILES string of the molecule is CC(CC1CCC1)NCCc1nncn1C. The summed E-state index contributed by atoms with van der Waals surface area (Å²) in [6.07, 6.45) is 8.37. The second-order valence-electron chi connectivity index (χ2n) is 5.00. The number of nitrogens with zero attached hydrogens (tertiary/aromatic N) is 3. The maximum Gasteiger partial charge on any atom is 0.133 e. The average Bonchev–Trinajstić information content (AvgIpc) is 2.59. The molecule has 1 unspecified atom stereocenters. The van der Waals surface area contributed by atoms with Crippen LogP contribution in [0, 0.1) is 5.92 Å². The molecule has 4 nitrogen and oxygen atoms in total. The summed E-state index contributed by atoms with van der Waals surface area (Å²) in [5.74, 6) is 2.04. The topological polar surface area (TPSA) is 42.7 Å². The number of hydrogen-bond donors (Lipinski definition) is 1. The van der Waals surface area contributed by atoms with Crippen LogP contribution in [0.1, 0.15) is 38.4 Å². The Labute approximate surface area is 97.5 Å². The Balaban J connectivity index is 1.61. The molecule has 16 heavy (non-hydrogen) atoms. The zero-order valence-electron chi connectivity index (χ0n) is 10.3. The molecule has 1 N–H and O–H groups in total. The Morgan fingerprint density at radius 2 is 2.38 bits per heavy atom. The second kappa shape index (κ2) is 5.43. The van der Waals surface area contributed by atoms with Crippen molar-refractivity contribution >= 4 is 0 Å². The summed E-state index contributed by atoms with van der Waals surface area (Å²) in [6.45, 7) is 3.29. The number of rotatable bonds is 6. The first-order chi connectivity index (χ1) is 7.75. The average molecular weight is 222 g/mol. The van der Waals surface area contributed by atoms with Crippen molar-refractivity contribution in [2.75, 3.05) is 6.54 Å². The number of nitrogens with one attached hydrogen (secondary N) is 1. The fourth-order valence-corrected chi connectivity index (χ4v) is 2.28. The molecular weight excluding hydrogens is 200 g/mol. The zero-order valence-corrected chi connectivity index (χ0v) is 10.3. The van der Waals surface area contributed by atoms with Crippen LogP contribution < -0.4 is 5.32 Å². The van der Waals surface area contributed by atoms with Gasteiger partial charge in [-0.3, -0.25) is 0 Å². The lowest BCUT2D eigenvalue weighted by atomic mass is 9.81. The molecule has 0 radical (unpaired) electrons. The lowest BCUT2D eigenvalue weighted by Gasteiger charge is -2.28. The molecule has 4 heteroatoms. The van der Waals surface area contributed by atoms with Crippen LogP contribution in [0.2, 0.25) is 0 Å². The standard InChI is InChI=1S/C12H22N4/c1-10(8-11-4-3-5-11)13-7-6-12-15-14-9-16(12)2/h9-11,13H,3-8H2,1-2H3. The van der Waals surface area contributed by atoms with E-state index in [4.69, 9.17) is 0 Å². The predicted octanol–water partition coefficient (Wildman–Crippen LogP) is 1.53. The molecular formula is C12H22N4. The van der Waals surface area contributed by atoms with Gasteiger partial charge >= 0.3 is 0 Å². The van der Waals surface area contributed by atoms with Gasteiger partial charge in [0.1, 0.15) is 12.2 Å². The van der Waals surface area contributed by atoms with Gasteiger partial charge in [-0.25, -0.2) is 0 Å². The van der Waals surface area contributed by atoms with E-state index in [0.717, 1.165) is 24.7 Å². The molecule has 0 bridgehead atoms. The predicted molar refractivity (Wildman–Crippen MR) is 64.1 cm³/mol. The van der Waals surface area contributed by atoms with E-state index in [1.165, 1.54) is 25.7 Å². The maximum atomic E-state index is 4.07. The van der Waals surface area contributed by atoms with Crippen LogP contribution in [-0.4, -0.2) is 27.4 Å². The van der Waals surface area contributed by atoms with Gasteiger partial charge in [0.15, 0.2) is 0 Å². The highest BCUT2D eigenvalue weighted by Crippen LogP contribution is 2.30. The molecule has 1 heterocycles. The molecule has 0 aromatic carbocycles. The molecule has 1 atom stereocenters. The van der Waals surface area contributed by atoms with Gasteiger partial charge in [0.25, 0.3) is 0 Å². The van der Waals surface area contributed by atoms with Crippen molar-refractivity contribution in [3.63, 3.8) is 0 Å². The molecule has 1 saturated carbocycles. The molecule has 90 valence electrons. The van der Waals surface area contributed by atoms with Crippen molar-refractivity contribution in [1.29, 1.82) is 0 Å². The monoisotopic (exact) mass is 222 g/mol. The van der Waals surface area contributed by atoms with E-state index in [0.29, 0.717) is 6.04 Å². The molecule has 2 rings (SSSR count). The first-order valence-electron chi connectivity index (χ1n) is 6.32. The van der Waals surface area contributed by atoms with Gasteiger partial charge in [0, 0.05) is 26.1 Å². The van der Waals surface area contributed by atoms with Gasteiger partial charge in [-0.05, 0) is 19.3 Å². The van der Waals surface area contributed by atoms with E-state index in [-0.39, 0.29) is 0 Å². The normalized spacial score (nSPS) is 18.4. The summed E-state index contributed by atoms with van der Waals surface area (Å²) in [5.41, 5.74) is 0. The first kappa shape index (κ1) is 11.6. The Bertz CT molecular complexity index is 317. The minimum Gasteiger partial charge on any atom is -0.321 e. The third-order valence-electron chi connectivity index (χ3n) is 3.56. The fourth-order valence-electron chi connectivity index (χ4n) is 2.28. The zero-order chi connectivity index (χ0) is 11.4. The van der Waals surface area contributed by atoms with Gasteiger partial charge in [-0.1, -0.05) is 19.3 Å². The molecule has 0 spiro atoms. The van der Waals surface area contributed by atoms with Crippen LogP contribution in [0.25, 0.3) is 0 Å². The summed E-state index contributed by atoms with van der Waals surface area (Å²) in [7, 11) is 1.99. The Hall–Kier alpha value is -0.900. The molecule has 0 amide bonds. The van der Waals surface area contributed by atoms with Gasteiger partial charge in [-0.15, -0.1) is 10.2 Å². The molecule has 1 aliphatic carbocycles. The van der Waals surface area contributed by atoms with Crippen LogP contribution in [0.15, 0.2) is 6.33 Å². The summed E-state index contributed by atoms with van der Waals surface area (Å²) < 4.78 is 1.98. The minimum atomic E-state index is 0.638. The summed E-state index contributed by atoms with van der Waals surface area (Å²) in [5, 5.41) is 11.5. The fraction of sp³-hybridized carbons (Fsp3) is 0.833. The van der Waals surface area contributed by atoms with E-state index in [2.05, 4.69) is 22.4 Å².